The SMILES string of the molecule is O=C(NCCc1nnc2n1CCNCC2)[C@H]1CCCO1. The van der Waals surface area contributed by atoms with Crippen LogP contribution in [0.5, 0.6) is 0 Å². The number of ether oxygens (including phenoxy) is 1. The third kappa shape index (κ3) is 2.99. The maximum absolute atomic E-state index is 11.8. The van der Waals surface area contributed by atoms with Crippen molar-refractivity contribution in [1.82, 2.24) is 25.4 Å². The maximum Gasteiger partial charge on any atom is 0.249 e. The number of rotatable bonds is 4. The molecule has 0 bridgehead atoms. The van der Waals surface area contributed by atoms with Crippen LogP contribution < -0.4 is 10.6 Å². The minimum Gasteiger partial charge on any atom is -0.368 e. The molecule has 110 valence electrons. The number of hydrogen-bond donors (Lipinski definition) is 2. The molecule has 1 amide bonds. The summed E-state index contributed by atoms with van der Waals surface area (Å²) in [5.41, 5.74) is 0. The van der Waals surface area contributed by atoms with Gasteiger partial charge in [-0.2, -0.15) is 0 Å². The van der Waals surface area contributed by atoms with E-state index in [4.69, 9.17) is 4.74 Å². The molecule has 1 fully saturated rings. The molecule has 1 aromatic heterocycles. The normalized spacial score (nSPS) is 22.3. The van der Waals surface area contributed by atoms with Crippen molar-refractivity contribution >= 4 is 5.91 Å². The molecule has 0 saturated carbocycles. The van der Waals surface area contributed by atoms with Gasteiger partial charge >= 0.3 is 0 Å². The second kappa shape index (κ2) is 6.32. The highest BCUT2D eigenvalue weighted by Crippen LogP contribution is 2.11. The smallest absolute Gasteiger partial charge is 0.249 e. The van der Waals surface area contributed by atoms with Crippen molar-refractivity contribution < 1.29 is 9.53 Å². The Labute approximate surface area is 118 Å². The summed E-state index contributed by atoms with van der Waals surface area (Å²) in [4.78, 5) is 11.8. The summed E-state index contributed by atoms with van der Waals surface area (Å²) in [7, 11) is 0. The Morgan fingerprint density at radius 1 is 1.45 bits per heavy atom. The summed E-state index contributed by atoms with van der Waals surface area (Å²) in [6.45, 7) is 4.08. The van der Waals surface area contributed by atoms with Crippen LogP contribution in [-0.4, -0.2) is 53.0 Å². The topological polar surface area (TPSA) is 81.1 Å². The standard InChI is InChI=1S/C13H21N5O2/c19-13(10-2-1-9-20-10)15-6-4-12-17-16-11-3-5-14-7-8-18(11)12/h10,14H,1-9H2,(H,15,19)/t10-/m1/s1. The lowest BCUT2D eigenvalue weighted by Gasteiger charge is -2.11. The second-order valence-corrected chi connectivity index (χ2v) is 5.23. The molecule has 0 spiro atoms. The molecule has 0 radical (unpaired) electrons. The monoisotopic (exact) mass is 279 g/mol. The van der Waals surface area contributed by atoms with E-state index >= 15 is 0 Å². The zero-order valence-electron chi connectivity index (χ0n) is 11.6. The fourth-order valence-corrected chi connectivity index (χ4v) is 2.71. The number of fused-ring (bicyclic) bond motifs is 1. The Bertz CT molecular complexity index is 467. The van der Waals surface area contributed by atoms with Crippen LogP contribution >= 0.6 is 0 Å². The van der Waals surface area contributed by atoms with Crippen molar-refractivity contribution in [3.05, 3.63) is 11.6 Å². The van der Waals surface area contributed by atoms with E-state index in [9.17, 15) is 4.79 Å². The average Bonchev–Trinajstić information content (AvgIpc) is 3.05. The van der Waals surface area contributed by atoms with Crippen LogP contribution in [0, 0.1) is 0 Å². The first-order chi connectivity index (χ1) is 9.84. The van der Waals surface area contributed by atoms with Gasteiger partial charge in [0, 0.05) is 45.6 Å². The number of carbonyl (C=O) groups is 1. The molecular weight excluding hydrogens is 258 g/mol. The van der Waals surface area contributed by atoms with Gasteiger partial charge in [0.2, 0.25) is 5.91 Å². The molecule has 2 N–H and O–H groups in total. The number of nitrogens with zero attached hydrogens (tertiary/aromatic N) is 3. The molecular formula is C13H21N5O2. The number of aromatic nitrogens is 3. The first kappa shape index (κ1) is 13.5. The predicted molar refractivity (Wildman–Crippen MR) is 72.3 cm³/mol. The summed E-state index contributed by atoms with van der Waals surface area (Å²) in [5, 5.41) is 14.7. The Hall–Kier alpha value is -1.47. The van der Waals surface area contributed by atoms with E-state index in [0.29, 0.717) is 19.6 Å². The second-order valence-electron chi connectivity index (χ2n) is 5.23. The number of amides is 1. The van der Waals surface area contributed by atoms with Crippen molar-refractivity contribution in [2.24, 2.45) is 0 Å². The summed E-state index contributed by atoms with van der Waals surface area (Å²) in [6.07, 6.45) is 3.18. The maximum atomic E-state index is 11.8. The van der Waals surface area contributed by atoms with E-state index in [-0.39, 0.29) is 12.0 Å². The van der Waals surface area contributed by atoms with Crippen LogP contribution in [0.1, 0.15) is 24.5 Å². The number of hydrogen-bond acceptors (Lipinski definition) is 5. The summed E-state index contributed by atoms with van der Waals surface area (Å²) in [6, 6.07) is 0. The van der Waals surface area contributed by atoms with E-state index in [1.54, 1.807) is 0 Å². The number of carbonyl (C=O) groups excluding carboxylic acids is 1. The van der Waals surface area contributed by atoms with Gasteiger partial charge in [0.1, 0.15) is 17.8 Å². The molecule has 7 heteroatoms. The van der Waals surface area contributed by atoms with E-state index in [1.807, 2.05) is 0 Å². The Balaban J connectivity index is 1.51. The predicted octanol–water partition coefficient (Wildman–Crippen LogP) is -0.738. The van der Waals surface area contributed by atoms with Crippen LogP contribution in [0.25, 0.3) is 0 Å². The summed E-state index contributed by atoms with van der Waals surface area (Å²) in [5.74, 6) is 1.99. The van der Waals surface area contributed by atoms with Crippen LogP contribution in [0.2, 0.25) is 0 Å². The largest absolute Gasteiger partial charge is 0.368 e. The fraction of sp³-hybridized carbons (Fsp3) is 0.769. The molecule has 2 aliphatic heterocycles. The molecule has 3 heterocycles. The van der Waals surface area contributed by atoms with Gasteiger partial charge in [-0.3, -0.25) is 4.79 Å². The molecule has 0 unspecified atom stereocenters. The van der Waals surface area contributed by atoms with Gasteiger partial charge in [0.05, 0.1) is 0 Å². The summed E-state index contributed by atoms with van der Waals surface area (Å²) >= 11 is 0. The molecule has 0 aromatic carbocycles. The van der Waals surface area contributed by atoms with Crippen molar-refractivity contribution in [3.8, 4) is 0 Å². The highest BCUT2D eigenvalue weighted by Gasteiger charge is 2.23. The summed E-state index contributed by atoms with van der Waals surface area (Å²) < 4.78 is 7.52. The Morgan fingerprint density at radius 3 is 3.25 bits per heavy atom. The molecule has 3 rings (SSSR count). The molecule has 1 atom stereocenters. The van der Waals surface area contributed by atoms with Crippen molar-refractivity contribution in [2.75, 3.05) is 26.2 Å². The number of nitrogens with one attached hydrogen (secondary N) is 2. The van der Waals surface area contributed by atoms with Gasteiger partial charge < -0.3 is 19.9 Å². The van der Waals surface area contributed by atoms with Gasteiger partial charge in [0.15, 0.2) is 0 Å². The lowest BCUT2D eigenvalue weighted by Crippen LogP contribution is -2.35. The first-order valence-corrected chi connectivity index (χ1v) is 7.35. The van der Waals surface area contributed by atoms with E-state index in [2.05, 4.69) is 25.4 Å². The zero-order chi connectivity index (χ0) is 13.8. The van der Waals surface area contributed by atoms with Crippen molar-refractivity contribution in [2.45, 2.75) is 38.3 Å². The molecule has 20 heavy (non-hydrogen) atoms. The minimum atomic E-state index is -0.255. The van der Waals surface area contributed by atoms with E-state index in [1.165, 1.54) is 0 Å². The highest BCUT2D eigenvalue weighted by molar-refractivity contribution is 5.80. The third-order valence-electron chi connectivity index (χ3n) is 3.81. The lowest BCUT2D eigenvalue weighted by molar-refractivity contribution is -0.130. The van der Waals surface area contributed by atoms with Gasteiger partial charge in [0.25, 0.3) is 0 Å². The Morgan fingerprint density at radius 2 is 2.40 bits per heavy atom. The molecule has 2 aliphatic rings. The minimum absolute atomic E-state index is 0.000211. The van der Waals surface area contributed by atoms with Gasteiger partial charge in [-0.05, 0) is 12.8 Å². The quantitative estimate of drug-likeness (QED) is 0.759. The van der Waals surface area contributed by atoms with Crippen LogP contribution in [0.15, 0.2) is 0 Å². The fourth-order valence-electron chi connectivity index (χ4n) is 2.71. The van der Waals surface area contributed by atoms with Crippen LogP contribution in [0.4, 0.5) is 0 Å². The zero-order valence-corrected chi connectivity index (χ0v) is 11.6. The van der Waals surface area contributed by atoms with Gasteiger partial charge in [-0.25, -0.2) is 0 Å². The van der Waals surface area contributed by atoms with E-state index in [0.717, 1.165) is 50.5 Å². The molecule has 1 aromatic rings. The van der Waals surface area contributed by atoms with Gasteiger partial charge in [-0.1, -0.05) is 0 Å². The van der Waals surface area contributed by atoms with Crippen molar-refractivity contribution in [3.63, 3.8) is 0 Å². The molecule has 7 nitrogen and oxygen atoms in total. The van der Waals surface area contributed by atoms with Crippen LogP contribution in [0.3, 0.4) is 0 Å². The lowest BCUT2D eigenvalue weighted by atomic mass is 10.2. The third-order valence-corrected chi connectivity index (χ3v) is 3.81. The first-order valence-electron chi connectivity index (χ1n) is 7.35. The van der Waals surface area contributed by atoms with Gasteiger partial charge in [-0.15, -0.1) is 10.2 Å². The molecule has 1 saturated heterocycles. The van der Waals surface area contributed by atoms with Crippen LogP contribution in [-0.2, 0) is 28.9 Å². The average molecular weight is 279 g/mol. The highest BCUT2D eigenvalue weighted by atomic mass is 16.5. The molecule has 0 aliphatic carbocycles. The van der Waals surface area contributed by atoms with Crippen molar-refractivity contribution in [1.29, 1.82) is 0 Å². The van der Waals surface area contributed by atoms with E-state index < -0.39 is 0 Å². The Kier molecular flexibility index (Phi) is 4.27.